The van der Waals surface area contributed by atoms with Crippen LogP contribution in [0.4, 0.5) is 4.39 Å². The molecule has 0 spiro atoms. The highest BCUT2D eigenvalue weighted by atomic mass is 32.1. The molecule has 2 rings (SSSR count). The number of nitrogens with one attached hydrogen (secondary N) is 2. The lowest BCUT2D eigenvalue weighted by Gasteiger charge is -2.22. The van der Waals surface area contributed by atoms with Crippen LogP contribution in [0.15, 0.2) is 24.3 Å². The first-order chi connectivity index (χ1) is 8.06. The van der Waals surface area contributed by atoms with Gasteiger partial charge in [0.05, 0.1) is 0 Å². The summed E-state index contributed by atoms with van der Waals surface area (Å²) in [7, 11) is 0. The highest BCUT2D eigenvalue weighted by Crippen LogP contribution is 2.12. The number of benzene rings is 1. The molecule has 1 aliphatic rings. The second kappa shape index (κ2) is 4.58. The molecule has 1 fully saturated rings. The third kappa shape index (κ3) is 2.65. The van der Waals surface area contributed by atoms with Crippen molar-refractivity contribution in [2.24, 2.45) is 5.92 Å². The second-order valence-electron chi connectivity index (χ2n) is 3.69. The van der Waals surface area contributed by atoms with Gasteiger partial charge in [0, 0.05) is 0 Å². The Kier molecular flexibility index (Phi) is 3.14. The molecule has 0 aliphatic carbocycles. The van der Waals surface area contributed by atoms with E-state index < -0.39 is 17.7 Å². The van der Waals surface area contributed by atoms with E-state index in [1.807, 2.05) is 0 Å². The van der Waals surface area contributed by atoms with Crippen LogP contribution in [0.2, 0.25) is 0 Å². The predicted molar refractivity (Wildman–Crippen MR) is 62.5 cm³/mol. The average Bonchev–Trinajstić information content (AvgIpc) is 2.26. The average molecular weight is 252 g/mol. The first-order valence-corrected chi connectivity index (χ1v) is 5.37. The quantitative estimate of drug-likeness (QED) is 0.596. The van der Waals surface area contributed by atoms with Crippen LogP contribution in [0.1, 0.15) is 5.56 Å². The summed E-state index contributed by atoms with van der Waals surface area (Å²) >= 11 is 4.68. The van der Waals surface area contributed by atoms with Crippen molar-refractivity contribution in [1.29, 1.82) is 0 Å². The standard InChI is InChI=1S/C11H9FN2O2S/c12-7-3-1-6(2-4-7)5-8-9(15)13-11(17)14-10(8)16/h1-4,8H,5H2,(H2,13,14,15,16,17). The van der Waals surface area contributed by atoms with Crippen molar-refractivity contribution >= 4 is 29.1 Å². The second-order valence-corrected chi connectivity index (χ2v) is 4.10. The van der Waals surface area contributed by atoms with E-state index in [4.69, 9.17) is 0 Å². The first kappa shape index (κ1) is 11.7. The molecule has 1 aromatic carbocycles. The highest BCUT2D eigenvalue weighted by Gasteiger charge is 2.32. The number of halogens is 1. The zero-order valence-corrected chi connectivity index (χ0v) is 9.51. The largest absolute Gasteiger partial charge is 0.302 e. The number of carbonyl (C=O) groups excluding carboxylic acids is 2. The third-order valence-corrected chi connectivity index (χ3v) is 2.66. The Morgan fingerprint density at radius 1 is 1.12 bits per heavy atom. The van der Waals surface area contributed by atoms with Gasteiger partial charge in [-0.2, -0.15) is 0 Å². The highest BCUT2D eigenvalue weighted by molar-refractivity contribution is 7.80. The molecule has 17 heavy (non-hydrogen) atoms. The summed E-state index contributed by atoms with van der Waals surface area (Å²) in [5.41, 5.74) is 0.717. The molecule has 0 atom stereocenters. The van der Waals surface area contributed by atoms with Crippen LogP contribution < -0.4 is 10.6 Å². The molecule has 1 heterocycles. The molecule has 0 saturated carbocycles. The zero-order valence-electron chi connectivity index (χ0n) is 8.70. The maximum Gasteiger partial charge on any atom is 0.239 e. The SMILES string of the molecule is O=C1NC(=S)NC(=O)C1Cc1ccc(F)cc1. The number of rotatable bonds is 2. The molecule has 2 amide bonds. The van der Waals surface area contributed by atoms with Gasteiger partial charge in [0.15, 0.2) is 5.11 Å². The number of hydrogen-bond donors (Lipinski definition) is 2. The van der Waals surface area contributed by atoms with Crippen LogP contribution in [0.25, 0.3) is 0 Å². The summed E-state index contributed by atoms with van der Waals surface area (Å²) in [4.78, 5) is 23.1. The Morgan fingerprint density at radius 3 is 2.18 bits per heavy atom. The molecular formula is C11H9FN2O2S. The van der Waals surface area contributed by atoms with Crippen LogP contribution >= 0.6 is 12.2 Å². The van der Waals surface area contributed by atoms with E-state index in [0.717, 1.165) is 5.56 Å². The van der Waals surface area contributed by atoms with Gasteiger partial charge < -0.3 is 10.6 Å². The molecule has 2 N–H and O–H groups in total. The molecule has 0 bridgehead atoms. The number of carbonyl (C=O) groups is 2. The summed E-state index contributed by atoms with van der Waals surface area (Å²) in [5, 5.41) is 4.78. The van der Waals surface area contributed by atoms with E-state index in [-0.39, 0.29) is 17.4 Å². The Labute approximate surface area is 102 Å². The van der Waals surface area contributed by atoms with Crippen molar-refractivity contribution in [3.05, 3.63) is 35.6 Å². The monoisotopic (exact) mass is 252 g/mol. The minimum atomic E-state index is -0.827. The van der Waals surface area contributed by atoms with Gasteiger partial charge in [0.25, 0.3) is 0 Å². The van der Waals surface area contributed by atoms with Gasteiger partial charge in [0.2, 0.25) is 11.8 Å². The number of thiocarbonyl (C=S) groups is 1. The summed E-state index contributed by atoms with van der Waals surface area (Å²) in [5.74, 6) is -2.04. The van der Waals surface area contributed by atoms with E-state index >= 15 is 0 Å². The molecule has 1 saturated heterocycles. The summed E-state index contributed by atoms with van der Waals surface area (Å²) < 4.78 is 12.7. The topological polar surface area (TPSA) is 58.2 Å². The fourth-order valence-corrected chi connectivity index (χ4v) is 1.79. The molecule has 88 valence electrons. The van der Waals surface area contributed by atoms with Crippen molar-refractivity contribution < 1.29 is 14.0 Å². The van der Waals surface area contributed by atoms with Gasteiger partial charge in [-0.15, -0.1) is 0 Å². The van der Waals surface area contributed by atoms with E-state index in [9.17, 15) is 14.0 Å². The van der Waals surface area contributed by atoms with Crippen LogP contribution in [-0.2, 0) is 16.0 Å². The Morgan fingerprint density at radius 2 is 1.65 bits per heavy atom. The minimum absolute atomic E-state index is 0.0235. The summed E-state index contributed by atoms with van der Waals surface area (Å²) in [6.07, 6.45) is 0.223. The van der Waals surface area contributed by atoms with Crippen LogP contribution in [0, 0.1) is 11.7 Å². The van der Waals surface area contributed by atoms with E-state index in [1.54, 1.807) is 12.1 Å². The smallest absolute Gasteiger partial charge is 0.239 e. The molecule has 1 aliphatic heterocycles. The van der Waals surface area contributed by atoms with Crippen molar-refractivity contribution in [3.8, 4) is 0 Å². The summed E-state index contributed by atoms with van der Waals surface area (Å²) in [6.45, 7) is 0. The van der Waals surface area contributed by atoms with Crippen molar-refractivity contribution in [2.45, 2.75) is 6.42 Å². The molecule has 0 radical (unpaired) electrons. The maximum absolute atomic E-state index is 12.7. The molecular weight excluding hydrogens is 243 g/mol. The lowest BCUT2D eigenvalue weighted by atomic mass is 9.96. The van der Waals surface area contributed by atoms with Crippen molar-refractivity contribution in [3.63, 3.8) is 0 Å². The fraction of sp³-hybridized carbons (Fsp3) is 0.182. The van der Waals surface area contributed by atoms with Gasteiger partial charge in [-0.25, -0.2) is 4.39 Å². The Balaban J connectivity index is 2.12. The summed E-state index contributed by atoms with van der Waals surface area (Å²) in [6, 6.07) is 5.67. The van der Waals surface area contributed by atoms with Gasteiger partial charge in [-0.1, -0.05) is 12.1 Å². The van der Waals surface area contributed by atoms with E-state index in [2.05, 4.69) is 22.9 Å². The maximum atomic E-state index is 12.7. The van der Waals surface area contributed by atoms with Gasteiger partial charge in [0.1, 0.15) is 11.7 Å². The zero-order chi connectivity index (χ0) is 12.4. The van der Waals surface area contributed by atoms with Crippen LogP contribution in [0.5, 0.6) is 0 Å². The third-order valence-electron chi connectivity index (χ3n) is 2.46. The molecule has 0 aromatic heterocycles. The van der Waals surface area contributed by atoms with Gasteiger partial charge in [-0.05, 0) is 36.3 Å². The molecule has 4 nitrogen and oxygen atoms in total. The Bertz CT molecular complexity index is 467. The van der Waals surface area contributed by atoms with Crippen molar-refractivity contribution in [2.75, 3.05) is 0 Å². The predicted octanol–water partition coefficient (Wildman–Crippen LogP) is 0.515. The molecule has 1 aromatic rings. The van der Waals surface area contributed by atoms with Gasteiger partial charge in [-0.3, -0.25) is 9.59 Å². The lowest BCUT2D eigenvalue weighted by Crippen LogP contribution is -2.56. The van der Waals surface area contributed by atoms with Gasteiger partial charge >= 0.3 is 0 Å². The molecule has 0 unspecified atom stereocenters. The van der Waals surface area contributed by atoms with E-state index in [0.29, 0.717) is 0 Å². The van der Waals surface area contributed by atoms with Crippen molar-refractivity contribution in [1.82, 2.24) is 10.6 Å². The van der Waals surface area contributed by atoms with Crippen LogP contribution in [-0.4, -0.2) is 16.9 Å². The Hall–Kier alpha value is -1.82. The normalized spacial score (nSPS) is 16.6. The first-order valence-electron chi connectivity index (χ1n) is 4.96. The lowest BCUT2D eigenvalue weighted by molar-refractivity contribution is -0.135. The minimum Gasteiger partial charge on any atom is -0.302 e. The molecule has 6 heteroatoms. The number of hydrogen-bond acceptors (Lipinski definition) is 3. The van der Waals surface area contributed by atoms with Crippen LogP contribution in [0.3, 0.4) is 0 Å². The number of amides is 2. The van der Waals surface area contributed by atoms with E-state index in [1.165, 1.54) is 12.1 Å². The fourth-order valence-electron chi connectivity index (χ4n) is 1.59.